The lowest BCUT2D eigenvalue weighted by Gasteiger charge is -2.11. The molecule has 2 aromatic rings. The predicted molar refractivity (Wildman–Crippen MR) is 81.4 cm³/mol. The van der Waals surface area contributed by atoms with Crippen molar-refractivity contribution < 1.29 is 22.9 Å². The van der Waals surface area contributed by atoms with Crippen molar-refractivity contribution in [2.24, 2.45) is 0 Å². The normalized spacial score (nSPS) is 11.1. The number of benzene rings is 2. The van der Waals surface area contributed by atoms with Crippen molar-refractivity contribution in [1.82, 2.24) is 0 Å². The number of anilines is 1. The number of nitrogens with one attached hydrogen (secondary N) is 1. The highest BCUT2D eigenvalue weighted by molar-refractivity contribution is 6.05. The first-order valence-electron chi connectivity index (χ1n) is 6.95. The first-order valence-corrected chi connectivity index (χ1v) is 6.95. The third kappa shape index (κ3) is 4.55. The lowest BCUT2D eigenvalue weighted by atomic mass is 10.0. The van der Waals surface area contributed by atoms with Gasteiger partial charge in [-0.15, -0.1) is 0 Å². The average Bonchev–Trinajstić information content (AvgIpc) is 2.52. The van der Waals surface area contributed by atoms with Crippen molar-refractivity contribution in [2.75, 3.05) is 11.9 Å². The molecule has 0 fully saturated rings. The van der Waals surface area contributed by atoms with Gasteiger partial charge in [0.05, 0.1) is 5.56 Å². The minimum Gasteiger partial charge on any atom is -0.322 e. The Balaban J connectivity index is 2.20. The molecule has 0 aliphatic carbocycles. The lowest BCUT2D eigenvalue weighted by Crippen LogP contribution is -2.16. The van der Waals surface area contributed by atoms with Gasteiger partial charge in [-0.1, -0.05) is 24.3 Å². The Hall–Kier alpha value is -2.90. The van der Waals surface area contributed by atoms with Crippen LogP contribution in [0.15, 0.2) is 48.5 Å². The van der Waals surface area contributed by atoms with E-state index in [2.05, 4.69) is 5.32 Å². The van der Waals surface area contributed by atoms with E-state index in [0.29, 0.717) is 5.56 Å². The highest BCUT2D eigenvalue weighted by Crippen LogP contribution is 2.30. The van der Waals surface area contributed by atoms with Crippen molar-refractivity contribution in [3.63, 3.8) is 0 Å². The van der Waals surface area contributed by atoms with Gasteiger partial charge >= 0.3 is 6.18 Å². The summed E-state index contributed by atoms with van der Waals surface area (Å²) in [5.74, 6) is -0.617. The molecule has 1 N–H and O–H groups in total. The molecule has 1 amide bonds. The standard InChI is InChI=1S/C16H13F3N2O3/c17-16(18,19)12-5-3-6-13(10-12)20-15(22)14-7-2-1-4-11(14)8-9-21(23)24/h1-7,10H,8-9H2,(H,20,22). The van der Waals surface area contributed by atoms with Gasteiger partial charge in [0, 0.05) is 22.6 Å². The molecule has 126 valence electrons. The molecule has 0 aliphatic rings. The third-order valence-corrected chi connectivity index (χ3v) is 3.27. The van der Waals surface area contributed by atoms with E-state index in [1.165, 1.54) is 18.2 Å². The fourth-order valence-electron chi connectivity index (χ4n) is 2.14. The number of hydrogen-bond acceptors (Lipinski definition) is 3. The van der Waals surface area contributed by atoms with Gasteiger partial charge in [-0.05, 0) is 29.8 Å². The van der Waals surface area contributed by atoms with Crippen LogP contribution in [0.1, 0.15) is 21.5 Å². The molecule has 0 aromatic heterocycles. The van der Waals surface area contributed by atoms with Gasteiger partial charge in [0.15, 0.2) is 0 Å². The van der Waals surface area contributed by atoms with Crippen molar-refractivity contribution >= 4 is 11.6 Å². The van der Waals surface area contributed by atoms with Gasteiger partial charge in [0.1, 0.15) is 0 Å². The first-order chi connectivity index (χ1) is 11.3. The lowest BCUT2D eigenvalue weighted by molar-refractivity contribution is -0.479. The van der Waals surface area contributed by atoms with E-state index >= 15 is 0 Å². The minimum atomic E-state index is -4.51. The summed E-state index contributed by atoms with van der Waals surface area (Å²) in [5, 5.41) is 12.9. The maximum atomic E-state index is 12.7. The number of hydrogen-bond donors (Lipinski definition) is 1. The van der Waals surface area contributed by atoms with Crippen molar-refractivity contribution in [2.45, 2.75) is 12.6 Å². The molecule has 2 rings (SSSR count). The van der Waals surface area contributed by atoms with Crippen LogP contribution in [0, 0.1) is 10.1 Å². The molecule has 0 saturated heterocycles. The molecule has 0 radical (unpaired) electrons. The second-order valence-electron chi connectivity index (χ2n) is 5.00. The fourth-order valence-corrected chi connectivity index (χ4v) is 2.14. The van der Waals surface area contributed by atoms with E-state index in [0.717, 1.165) is 12.1 Å². The van der Waals surface area contributed by atoms with E-state index in [1.54, 1.807) is 18.2 Å². The number of carbonyl (C=O) groups is 1. The van der Waals surface area contributed by atoms with Crippen molar-refractivity contribution in [3.05, 3.63) is 75.3 Å². The zero-order valence-corrected chi connectivity index (χ0v) is 12.3. The van der Waals surface area contributed by atoms with Crippen LogP contribution in [-0.4, -0.2) is 17.4 Å². The summed E-state index contributed by atoms with van der Waals surface area (Å²) in [5.41, 5.74) is -0.226. The number of rotatable bonds is 5. The van der Waals surface area contributed by atoms with Crippen LogP contribution in [0.25, 0.3) is 0 Å². The Kier molecular flexibility index (Phi) is 5.18. The molecule has 2 aromatic carbocycles. The molecule has 0 saturated carbocycles. The molecular formula is C16H13F3N2O3. The van der Waals surface area contributed by atoms with E-state index in [4.69, 9.17) is 0 Å². The topological polar surface area (TPSA) is 72.2 Å². The first kappa shape index (κ1) is 17.5. The highest BCUT2D eigenvalue weighted by Gasteiger charge is 2.30. The van der Waals surface area contributed by atoms with Gasteiger partial charge in [0.2, 0.25) is 6.54 Å². The molecule has 0 unspecified atom stereocenters. The molecule has 0 bridgehead atoms. The van der Waals surface area contributed by atoms with Crippen LogP contribution in [0.5, 0.6) is 0 Å². The number of alkyl halides is 3. The average molecular weight is 338 g/mol. The molecule has 8 heteroatoms. The second kappa shape index (κ2) is 7.12. The van der Waals surface area contributed by atoms with E-state index in [1.807, 2.05) is 0 Å². The predicted octanol–water partition coefficient (Wildman–Crippen LogP) is 3.78. The summed E-state index contributed by atoms with van der Waals surface area (Å²) in [4.78, 5) is 22.3. The van der Waals surface area contributed by atoms with E-state index < -0.39 is 22.6 Å². The maximum Gasteiger partial charge on any atom is 0.416 e. The van der Waals surface area contributed by atoms with Crippen LogP contribution in [0.3, 0.4) is 0 Å². The zero-order chi connectivity index (χ0) is 17.7. The molecule has 0 aliphatic heterocycles. The van der Waals surface area contributed by atoms with E-state index in [9.17, 15) is 28.1 Å². The van der Waals surface area contributed by atoms with Crippen molar-refractivity contribution in [1.29, 1.82) is 0 Å². The van der Waals surface area contributed by atoms with Crippen LogP contribution in [0.4, 0.5) is 18.9 Å². The van der Waals surface area contributed by atoms with Gasteiger partial charge in [0.25, 0.3) is 5.91 Å². The fraction of sp³-hybridized carbons (Fsp3) is 0.188. The number of carbonyl (C=O) groups excluding carboxylic acids is 1. The quantitative estimate of drug-likeness (QED) is 0.666. The number of nitrogens with zero attached hydrogens (tertiary/aromatic N) is 1. The summed E-state index contributed by atoms with van der Waals surface area (Å²) in [7, 11) is 0. The van der Waals surface area contributed by atoms with Crippen molar-refractivity contribution in [3.8, 4) is 0 Å². The van der Waals surface area contributed by atoms with E-state index in [-0.39, 0.29) is 24.2 Å². The SMILES string of the molecule is O=C(Nc1cccc(C(F)(F)F)c1)c1ccccc1CC[N+](=O)[O-]. The molecule has 0 heterocycles. The summed E-state index contributed by atoms with van der Waals surface area (Å²) in [6.07, 6.45) is -4.45. The number of nitro groups is 1. The minimum absolute atomic E-state index is 0.00101. The van der Waals surface area contributed by atoms with Crippen LogP contribution in [-0.2, 0) is 12.6 Å². The highest BCUT2D eigenvalue weighted by atomic mass is 19.4. The Morgan fingerprint density at radius 2 is 1.83 bits per heavy atom. The van der Waals surface area contributed by atoms with Gasteiger partial charge < -0.3 is 5.32 Å². The second-order valence-corrected chi connectivity index (χ2v) is 5.00. The van der Waals surface area contributed by atoms with Gasteiger partial charge in [-0.3, -0.25) is 14.9 Å². The molecule has 0 atom stereocenters. The molecule has 0 spiro atoms. The molecular weight excluding hydrogens is 325 g/mol. The maximum absolute atomic E-state index is 12.7. The summed E-state index contributed by atoms with van der Waals surface area (Å²) >= 11 is 0. The van der Waals surface area contributed by atoms with Gasteiger partial charge in [-0.25, -0.2) is 0 Å². The smallest absolute Gasteiger partial charge is 0.322 e. The summed E-state index contributed by atoms with van der Waals surface area (Å²) in [6.45, 7) is -0.339. The van der Waals surface area contributed by atoms with Crippen LogP contribution >= 0.6 is 0 Å². The van der Waals surface area contributed by atoms with Crippen LogP contribution < -0.4 is 5.32 Å². The Bertz CT molecular complexity index is 760. The van der Waals surface area contributed by atoms with Gasteiger partial charge in [-0.2, -0.15) is 13.2 Å². The Labute approximate surface area is 135 Å². The third-order valence-electron chi connectivity index (χ3n) is 3.27. The molecule has 24 heavy (non-hydrogen) atoms. The molecule has 5 nitrogen and oxygen atoms in total. The largest absolute Gasteiger partial charge is 0.416 e. The number of halogens is 3. The summed E-state index contributed by atoms with van der Waals surface area (Å²) in [6, 6.07) is 10.5. The monoisotopic (exact) mass is 338 g/mol. The zero-order valence-electron chi connectivity index (χ0n) is 12.3. The summed E-state index contributed by atoms with van der Waals surface area (Å²) < 4.78 is 38.1. The van der Waals surface area contributed by atoms with Crippen LogP contribution in [0.2, 0.25) is 0 Å². The Morgan fingerprint density at radius 1 is 1.12 bits per heavy atom. The Morgan fingerprint density at radius 3 is 2.50 bits per heavy atom. The number of amides is 1.